The molecule has 0 bridgehead atoms. The molecule has 1 aliphatic heterocycles. The molecule has 1 aliphatic rings. The second kappa shape index (κ2) is 6.06. The molecule has 1 aromatic carbocycles. The number of benzene rings is 1. The van der Waals surface area contributed by atoms with Gasteiger partial charge >= 0.3 is 0 Å². The normalized spacial score (nSPS) is 20.4. The molecule has 104 valence electrons. The van der Waals surface area contributed by atoms with Crippen LogP contribution in [-0.4, -0.2) is 37.5 Å². The summed E-state index contributed by atoms with van der Waals surface area (Å²) in [6, 6.07) is 6.29. The Morgan fingerprint density at radius 2 is 2.00 bits per heavy atom. The molecule has 1 fully saturated rings. The summed E-state index contributed by atoms with van der Waals surface area (Å²) in [6.45, 7) is 3.79. The van der Waals surface area contributed by atoms with Gasteiger partial charge in [-0.3, -0.25) is 9.69 Å². The molecule has 1 atom stereocenters. The second-order valence-corrected chi connectivity index (χ2v) is 5.00. The summed E-state index contributed by atoms with van der Waals surface area (Å²) in [5.74, 6) is 1.87. The summed E-state index contributed by atoms with van der Waals surface area (Å²) >= 11 is 0. The van der Waals surface area contributed by atoms with Crippen molar-refractivity contribution in [3.05, 3.63) is 23.8 Å². The summed E-state index contributed by atoms with van der Waals surface area (Å²) in [5, 5.41) is 0. The molecule has 0 saturated carbocycles. The van der Waals surface area contributed by atoms with E-state index in [1.54, 1.807) is 14.2 Å². The average molecular weight is 263 g/mol. The fraction of sp³-hybridized carbons (Fsp3) is 0.533. The molecule has 0 N–H and O–H groups in total. The lowest BCUT2D eigenvalue weighted by Crippen LogP contribution is -2.40. The molecule has 4 nitrogen and oxygen atoms in total. The zero-order chi connectivity index (χ0) is 13.8. The van der Waals surface area contributed by atoms with Gasteiger partial charge in [0.05, 0.1) is 14.2 Å². The summed E-state index contributed by atoms with van der Waals surface area (Å²) < 4.78 is 10.5. The molecular formula is C15H21NO3. The number of hydrogen-bond acceptors (Lipinski definition) is 4. The number of ether oxygens (including phenoxy) is 2. The fourth-order valence-corrected chi connectivity index (χ4v) is 2.50. The minimum absolute atomic E-state index is 0.314. The van der Waals surface area contributed by atoms with Crippen molar-refractivity contribution in [1.82, 2.24) is 4.90 Å². The maximum absolute atomic E-state index is 11.4. The number of rotatable bonds is 4. The van der Waals surface area contributed by atoms with Gasteiger partial charge in [-0.25, -0.2) is 0 Å². The predicted octanol–water partition coefficient (Wildman–Crippen LogP) is 2.26. The van der Waals surface area contributed by atoms with Crippen molar-refractivity contribution in [1.29, 1.82) is 0 Å². The average Bonchev–Trinajstić information content (AvgIpc) is 2.41. The molecule has 0 radical (unpaired) electrons. The SMILES string of the molecule is COc1ccc(CN2CCC(=O)CC2C)cc1OC. The van der Waals surface area contributed by atoms with Crippen molar-refractivity contribution in [2.45, 2.75) is 32.4 Å². The van der Waals surface area contributed by atoms with Gasteiger partial charge in [0.2, 0.25) is 0 Å². The van der Waals surface area contributed by atoms with Crippen LogP contribution in [0.15, 0.2) is 18.2 Å². The third-order valence-electron chi connectivity index (χ3n) is 3.66. The van der Waals surface area contributed by atoms with E-state index in [0.29, 0.717) is 24.7 Å². The van der Waals surface area contributed by atoms with Gasteiger partial charge in [-0.15, -0.1) is 0 Å². The van der Waals surface area contributed by atoms with E-state index in [2.05, 4.69) is 11.8 Å². The quantitative estimate of drug-likeness (QED) is 0.835. The number of carbonyl (C=O) groups excluding carboxylic acids is 1. The molecule has 0 amide bonds. The molecule has 0 aromatic heterocycles. The van der Waals surface area contributed by atoms with Crippen LogP contribution >= 0.6 is 0 Å². The smallest absolute Gasteiger partial charge is 0.161 e. The molecular weight excluding hydrogens is 242 g/mol. The molecule has 1 saturated heterocycles. The standard InChI is InChI=1S/C15H21NO3/c1-11-8-13(17)6-7-16(11)10-12-4-5-14(18-2)15(9-12)19-3/h4-5,9,11H,6-8,10H2,1-3H3. The third-order valence-corrected chi connectivity index (χ3v) is 3.66. The van der Waals surface area contributed by atoms with E-state index in [4.69, 9.17) is 9.47 Å². The Morgan fingerprint density at radius 1 is 1.26 bits per heavy atom. The molecule has 1 unspecified atom stereocenters. The lowest BCUT2D eigenvalue weighted by atomic mass is 10.0. The molecule has 4 heteroatoms. The first-order valence-corrected chi connectivity index (χ1v) is 6.60. The van der Waals surface area contributed by atoms with Crippen LogP contribution in [0.5, 0.6) is 11.5 Å². The van der Waals surface area contributed by atoms with Gasteiger partial charge in [0.15, 0.2) is 11.5 Å². The first kappa shape index (κ1) is 13.9. The van der Waals surface area contributed by atoms with Crippen molar-refractivity contribution >= 4 is 5.78 Å². The fourth-order valence-electron chi connectivity index (χ4n) is 2.50. The minimum atomic E-state index is 0.314. The van der Waals surface area contributed by atoms with Crippen LogP contribution in [0.25, 0.3) is 0 Å². The topological polar surface area (TPSA) is 38.8 Å². The van der Waals surface area contributed by atoms with Crippen LogP contribution in [0.1, 0.15) is 25.3 Å². The molecule has 1 aromatic rings. The van der Waals surface area contributed by atoms with Gasteiger partial charge < -0.3 is 9.47 Å². The highest BCUT2D eigenvalue weighted by molar-refractivity contribution is 5.79. The highest BCUT2D eigenvalue weighted by Gasteiger charge is 2.23. The number of methoxy groups -OCH3 is 2. The van der Waals surface area contributed by atoms with E-state index in [1.807, 2.05) is 18.2 Å². The second-order valence-electron chi connectivity index (χ2n) is 5.00. The van der Waals surface area contributed by atoms with E-state index in [-0.39, 0.29) is 0 Å². The Hall–Kier alpha value is -1.55. The summed E-state index contributed by atoms with van der Waals surface area (Å²) in [7, 11) is 3.28. The largest absolute Gasteiger partial charge is 0.493 e. The first-order valence-electron chi connectivity index (χ1n) is 6.60. The number of carbonyl (C=O) groups is 1. The predicted molar refractivity (Wildman–Crippen MR) is 73.7 cm³/mol. The molecule has 1 heterocycles. The van der Waals surface area contributed by atoms with Gasteiger partial charge in [0.25, 0.3) is 0 Å². The van der Waals surface area contributed by atoms with Crippen LogP contribution in [0.3, 0.4) is 0 Å². The summed E-state index contributed by atoms with van der Waals surface area (Å²) in [5.41, 5.74) is 1.18. The van der Waals surface area contributed by atoms with Crippen molar-refractivity contribution in [3.63, 3.8) is 0 Å². The van der Waals surface area contributed by atoms with Crippen molar-refractivity contribution in [2.75, 3.05) is 20.8 Å². The zero-order valence-corrected chi connectivity index (χ0v) is 11.8. The van der Waals surface area contributed by atoms with E-state index in [1.165, 1.54) is 5.56 Å². The molecule has 0 spiro atoms. The van der Waals surface area contributed by atoms with Crippen molar-refractivity contribution < 1.29 is 14.3 Å². The zero-order valence-electron chi connectivity index (χ0n) is 11.8. The van der Waals surface area contributed by atoms with Gasteiger partial charge in [-0.05, 0) is 24.6 Å². The molecule has 19 heavy (non-hydrogen) atoms. The van der Waals surface area contributed by atoms with Crippen LogP contribution < -0.4 is 9.47 Å². The van der Waals surface area contributed by atoms with E-state index >= 15 is 0 Å². The van der Waals surface area contributed by atoms with Gasteiger partial charge in [0, 0.05) is 32.0 Å². The minimum Gasteiger partial charge on any atom is -0.493 e. The monoisotopic (exact) mass is 263 g/mol. The Morgan fingerprint density at radius 3 is 2.63 bits per heavy atom. The van der Waals surface area contributed by atoms with Crippen molar-refractivity contribution in [3.8, 4) is 11.5 Å². The lowest BCUT2D eigenvalue weighted by Gasteiger charge is -2.32. The van der Waals surface area contributed by atoms with Gasteiger partial charge in [-0.2, -0.15) is 0 Å². The van der Waals surface area contributed by atoms with Crippen LogP contribution in [-0.2, 0) is 11.3 Å². The Kier molecular flexibility index (Phi) is 4.43. The molecule has 0 aliphatic carbocycles. The Balaban J connectivity index is 2.08. The number of ketones is 1. The first-order chi connectivity index (χ1) is 9.13. The van der Waals surface area contributed by atoms with Gasteiger partial charge in [0.1, 0.15) is 5.78 Å². The number of piperidine rings is 1. The lowest BCUT2D eigenvalue weighted by molar-refractivity contribution is -0.123. The number of likely N-dealkylation sites (tertiary alicyclic amines) is 1. The summed E-state index contributed by atoms with van der Waals surface area (Å²) in [6.07, 6.45) is 1.32. The highest BCUT2D eigenvalue weighted by atomic mass is 16.5. The summed E-state index contributed by atoms with van der Waals surface area (Å²) in [4.78, 5) is 13.7. The van der Waals surface area contributed by atoms with Crippen LogP contribution in [0, 0.1) is 0 Å². The maximum atomic E-state index is 11.4. The van der Waals surface area contributed by atoms with Crippen LogP contribution in [0.2, 0.25) is 0 Å². The van der Waals surface area contributed by atoms with E-state index in [9.17, 15) is 4.79 Å². The Bertz CT molecular complexity index is 459. The number of Topliss-reactive ketones (excluding diaryl/α,β-unsaturated/α-hetero) is 1. The van der Waals surface area contributed by atoms with Crippen LogP contribution in [0.4, 0.5) is 0 Å². The third kappa shape index (κ3) is 3.26. The maximum Gasteiger partial charge on any atom is 0.161 e. The number of nitrogens with zero attached hydrogens (tertiary/aromatic N) is 1. The molecule has 2 rings (SSSR count). The van der Waals surface area contributed by atoms with Crippen molar-refractivity contribution in [2.24, 2.45) is 0 Å². The van der Waals surface area contributed by atoms with E-state index in [0.717, 1.165) is 24.6 Å². The van der Waals surface area contributed by atoms with E-state index < -0.39 is 0 Å². The Labute approximate surface area is 114 Å². The van der Waals surface area contributed by atoms with Gasteiger partial charge in [-0.1, -0.05) is 6.07 Å². The highest BCUT2D eigenvalue weighted by Crippen LogP contribution is 2.28. The number of hydrogen-bond donors (Lipinski definition) is 0.